The van der Waals surface area contributed by atoms with Gasteiger partial charge < -0.3 is 5.11 Å². The average molecular weight is 409 g/mol. The Labute approximate surface area is 182 Å². The SMILES string of the molecule is CC(C)CCCCCCCC1(CCCCCCCC(C)C)CCC(C(=O)O)CC1. The third kappa shape index (κ3) is 12.7. The Morgan fingerprint density at radius 2 is 1.10 bits per heavy atom. The Morgan fingerprint density at radius 3 is 1.48 bits per heavy atom. The summed E-state index contributed by atoms with van der Waals surface area (Å²) in [5.74, 6) is 1.05. The molecule has 1 aliphatic carbocycles. The smallest absolute Gasteiger partial charge is 0.306 e. The number of hydrogen-bond donors (Lipinski definition) is 1. The highest BCUT2D eigenvalue weighted by Crippen LogP contribution is 2.46. The van der Waals surface area contributed by atoms with Gasteiger partial charge in [-0.25, -0.2) is 0 Å². The molecule has 0 amide bonds. The van der Waals surface area contributed by atoms with Crippen LogP contribution in [0.3, 0.4) is 0 Å². The zero-order chi connectivity index (χ0) is 21.5. The molecular formula is C27H52O2. The molecule has 0 saturated heterocycles. The van der Waals surface area contributed by atoms with E-state index in [1.54, 1.807) is 0 Å². The van der Waals surface area contributed by atoms with Crippen molar-refractivity contribution >= 4 is 5.97 Å². The van der Waals surface area contributed by atoms with Gasteiger partial charge in [0.25, 0.3) is 0 Å². The molecule has 1 saturated carbocycles. The second-order valence-corrected chi connectivity index (χ2v) is 11.0. The van der Waals surface area contributed by atoms with Crippen molar-refractivity contribution in [3.05, 3.63) is 0 Å². The van der Waals surface area contributed by atoms with Gasteiger partial charge in [0.1, 0.15) is 0 Å². The predicted octanol–water partition coefficient (Wildman–Crippen LogP) is 9.02. The molecule has 172 valence electrons. The molecule has 29 heavy (non-hydrogen) atoms. The van der Waals surface area contributed by atoms with Gasteiger partial charge in [0.05, 0.1) is 5.92 Å². The van der Waals surface area contributed by atoms with Gasteiger partial charge in [-0.1, -0.05) is 105 Å². The van der Waals surface area contributed by atoms with Gasteiger partial charge in [0.15, 0.2) is 0 Å². The minimum atomic E-state index is -0.561. The van der Waals surface area contributed by atoms with Crippen molar-refractivity contribution in [1.29, 1.82) is 0 Å². The predicted molar refractivity (Wildman–Crippen MR) is 126 cm³/mol. The molecule has 1 N–H and O–H groups in total. The van der Waals surface area contributed by atoms with Crippen LogP contribution in [0.5, 0.6) is 0 Å². The van der Waals surface area contributed by atoms with E-state index in [2.05, 4.69) is 27.7 Å². The Hall–Kier alpha value is -0.530. The summed E-state index contributed by atoms with van der Waals surface area (Å²) in [6.45, 7) is 9.28. The molecule has 0 aromatic carbocycles. The van der Waals surface area contributed by atoms with Gasteiger partial charge in [-0.05, 0) is 55.8 Å². The van der Waals surface area contributed by atoms with Crippen LogP contribution in [0.15, 0.2) is 0 Å². The number of unbranched alkanes of at least 4 members (excludes halogenated alkanes) is 8. The van der Waals surface area contributed by atoms with E-state index < -0.39 is 5.97 Å². The summed E-state index contributed by atoms with van der Waals surface area (Å²) in [6.07, 6.45) is 23.4. The van der Waals surface area contributed by atoms with Crippen LogP contribution in [0.25, 0.3) is 0 Å². The molecule has 0 heterocycles. The number of hydrogen-bond acceptors (Lipinski definition) is 1. The summed E-state index contributed by atoms with van der Waals surface area (Å²) in [4.78, 5) is 11.4. The van der Waals surface area contributed by atoms with Crippen LogP contribution < -0.4 is 0 Å². The molecule has 0 unspecified atom stereocenters. The third-order valence-corrected chi connectivity index (χ3v) is 7.37. The Kier molecular flexibility index (Phi) is 14.0. The van der Waals surface area contributed by atoms with Gasteiger partial charge in [-0.3, -0.25) is 4.79 Å². The van der Waals surface area contributed by atoms with E-state index in [1.807, 2.05) is 0 Å². The monoisotopic (exact) mass is 408 g/mol. The molecule has 0 aromatic heterocycles. The van der Waals surface area contributed by atoms with Crippen molar-refractivity contribution < 1.29 is 9.90 Å². The largest absolute Gasteiger partial charge is 0.481 e. The summed E-state index contributed by atoms with van der Waals surface area (Å²) in [7, 11) is 0. The molecule has 0 radical (unpaired) electrons. The maximum Gasteiger partial charge on any atom is 0.306 e. The lowest BCUT2D eigenvalue weighted by molar-refractivity contribution is -0.143. The average Bonchev–Trinajstić information content (AvgIpc) is 2.66. The first-order valence-electron chi connectivity index (χ1n) is 13.1. The molecule has 0 bridgehead atoms. The molecule has 0 aliphatic heterocycles. The fourth-order valence-corrected chi connectivity index (χ4v) is 5.27. The van der Waals surface area contributed by atoms with Crippen LogP contribution in [0.1, 0.15) is 143 Å². The summed E-state index contributed by atoms with van der Waals surface area (Å²) in [5, 5.41) is 9.38. The molecule has 2 heteroatoms. The van der Waals surface area contributed by atoms with Gasteiger partial charge in [-0.15, -0.1) is 0 Å². The fourth-order valence-electron chi connectivity index (χ4n) is 5.27. The second-order valence-electron chi connectivity index (χ2n) is 11.0. The number of carbonyl (C=O) groups is 1. The number of carboxylic acid groups (broad SMARTS) is 1. The van der Waals surface area contributed by atoms with Gasteiger partial charge >= 0.3 is 5.97 Å². The molecule has 0 aromatic rings. The third-order valence-electron chi connectivity index (χ3n) is 7.37. The highest BCUT2D eigenvalue weighted by molar-refractivity contribution is 5.70. The molecule has 0 atom stereocenters. The minimum Gasteiger partial charge on any atom is -0.481 e. The van der Waals surface area contributed by atoms with Crippen LogP contribution in [0.4, 0.5) is 0 Å². The highest BCUT2D eigenvalue weighted by atomic mass is 16.4. The Bertz CT molecular complexity index is 381. The summed E-state index contributed by atoms with van der Waals surface area (Å²) in [6, 6.07) is 0. The standard InChI is InChI=1S/C27H52O2/c1-23(2)15-11-7-5-9-13-19-27(21-17-25(18-22-27)26(28)29)20-14-10-6-8-12-16-24(3)4/h23-25H,5-22H2,1-4H3,(H,28,29). The van der Waals surface area contributed by atoms with E-state index in [-0.39, 0.29) is 5.92 Å². The van der Waals surface area contributed by atoms with Crippen molar-refractivity contribution in [2.75, 3.05) is 0 Å². The van der Waals surface area contributed by atoms with Crippen molar-refractivity contribution in [2.45, 2.75) is 143 Å². The number of aliphatic carboxylic acids is 1. The van der Waals surface area contributed by atoms with Crippen molar-refractivity contribution in [1.82, 2.24) is 0 Å². The summed E-state index contributed by atoms with van der Waals surface area (Å²) < 4.78 is 0. The van der Waals surface area contributed by atoms with Crippen LogP contribution in [0.2, 0.25) is 0 Å². The van der Waals surface area contributed by atoms with Crippen LogP contribution in [-0.4, -0.2) is 11.1 Å². The normalized spacial score (nSPS) is 17.3. The molecule has 1 fully saturated rings. The number of carboxylic acids is 1. The van der Waals surface area contributed by atoms with E-state index >= 15 is 0 Å². The molecular weight excluding hydrogens is 356 g/mol. The van der Waals surface area contributed by atoms with E-state index in [0.717, 1.165) is 37.5 Å². The van der Waals surface area contributed by atoms with E-state index in [1.165, 1.54) is 89.9 Å². The molecule has 0 spiro atoms. The molecule has 1 aliphatic rings. The molecule has 1 rings (SSSR count). The van der Waals surface area contributed by atoms with Crippen LogP contribution in [-0.2, 0) is 4.79 Å². The summed E-state index contributed by atoms with van der Waals surface area (Å²) >= 11 is 0. The maximum absolute atomic E-state index is 11.4. The zero-order valence-electron chi connectivity index (χ0n) is 20.3. The summed E-state index contributed by atoms with van der Waals surface area (Å²) in [5.41, 5.74) is 0.460. The van der Waals surface area contributed by atoms with Crippen LogP contribution in [0, 0.1) is 23.2 Å². The lowest BCUT2D eigenvalue weighted by Gasteiger charge is -2.40. The minimum absolute atomic E-state index is 0.0739. The molecule has 2 nitrogen and oxygen atoms in total. The number of rotatable bonds is 17. The first-order chi connectivity index (χ1) is 13.8. The van der Waals surface area contributed by atoms with Gasteiger partial charge in [-0.2, -0.15) is 0 Å². The van der Waals surface area contributed by atoms with Gasteiger partial charge in [0, 0.05) is 0 Å². The first kappa shape index (κ1) is 26.5. The van der Waals surface area contributed by atoms with Crippen molar-refractivity contribution in [2.24, 2.45) is 23.2 Å². The van der Waals surface area contributed by atoms with Crippen molar-refractivity contribution in [3.63, 3.8) is 0 Å². The van der Waals surface area contributed by atoms with E-state index in [9.17, 15) is 9.90 Å². The fraction of sp³-hybridized carbons (Fsp3) is 0.963. The van der Waals surface area contributed by atoms with Gasteiger partial charge in [0.2, 0.25) is 0 Å². The zero-order valence-corrected chi connectivity index (χ0v) is 20.3. The Balaban J connectivity index is 2.30. The quantitative estimate of drug-likeness (QED) is 0.244. The maximum atomic E-state index is 11.4. The highest BCUT2D eigenvalue weighted by Gasteiger charge is 2.36. The lowest BCUT2D eigenvalue weighted by Crippen LogP contribution is -2.30. The van der Waals surface area contributed by atoms with E-state index in [4.69, 9.17) is 0 Å². The lowest BCUT2D eigenvalue weighted by atomic mass is 9.65. The van der Waals surface area contributed by atoms with Crippen LogP contribution >= 0.6 is 0 Å². The Morgan fingerprint density at radius 1 is 0.724 bits per heavy atom. The van der Waals surface area contributed by atoms with Crippen molar-refractivity contribution in [3.8, 4) is 0 Å². The van der Waals surface area contributed by atoms with E-state index in [0.29, 0.717) is 5.41 Å². The second kappa shape index (κ2) is 15.3. The first-order valence-corrected chi connectivity index (χ1v) is 13.1. The topological polar surface area (TPSA) is 37.3 Å².